The van der Waals surface area contributed by atoms with Crippen LogP contribution in [0.1, 0.15) is 12.5 Å². The van der Waals surface area contributed by atoms with Crippen LogP contribution in [0, 0.1) is 0 Å². The quantitative estimate of drug-likeness (QED) is 0.439. The Balaban J connectivity index is 1.58. The number of hydrogen-bond acceptors (Lipinski definition) is 5. The Morgan fingerprint density at radius 3 is 2.86 bits per heavy atom. The van der Waals surface area contributed by atoms with Crippen LogP contribution in [-0.2, 0) is 6.54 Å². The van der Waals surface area contributed by atoms with Crippen molar-refractivity contribution in [2.45, 2.75) is 13.5 Å². The van der Waals surface area contributed by atoms with Crippen LogP contribution in [0.2, 0.25) is 0 Å². The van der Waals surface area contributed by atoms with Gasteiger partial charge in [-0.15, -0.1) is 0 Å². The first-order chi connectivity index (χ1) is 13.8. The lowest BCUT2D eigenvalue weighted by Crippen LogP contribution is -2.11. The molecule has 3 N–H and O–H groups in total. The van der Waals surface area contributed by atoms with Crippen molar-refractivity contribution in [1.82, 2.24) is 35.5 Å². The molecule has 5 rings (SSSR count). The Morgan fingerprint density at radius 1 is 1.04 bits per heavy atom. The molecule has 0 fully saturated rings. The summed E-state index contributed by atoms with van der Waals surface area (Å²) < 4.78 is 0. The lowest BCUT2D eigenvalue weighted by molar-refractivity contribution is 0.724. The van der Waals surface area contributed by atoms with Crippen LogP contribution in [-0.4, -0.2) is 36.7 Å². The van der Waals surface area contributed by atoms with Gasteiger partial charge in [-0.1, -0.05) is 6.92 Å². The molecule has 0 radical (unpaired) electrons. The molecule has 0 saturated carbocycles. The Bertz CT molecular complexity index is 1240. The summed E-state index contributed by atoms with van der Waals surface area (Å²) in [7, 11) is 0. The molecule has 0 aliphatic carbocycles. The van der Waals surface area contributed by atoms with Gasteiger partial charge in [-0.05, 0) is 42.4 Å². The molecule has 0 atom stereocenters. The van der Waals surface area contributed by atoms with E-state index in [4.69, 9.17) is 0 Å². The number of rotatable bonds is 5. The summed E-state index contributed by atoms with van der Waals surface area (Å²) >= 11 is 0. The molecule has 0 saturated heterocycles. The summed E-state index contributed by atoms with van der Waals surface area (Å²) in [5, 5.41) is 12.8. The number of aromatic nitrogens is 6. The van der Waals surface area contributed by atoms with Crippen molar-refractivity contribution in [3.63, 3.8) is 0 Å². The van der Waals surface area contributed by atoms with E-state index in [1.54, 1.807) is 6.20 Å². The molecule has 0 aliphatic heterocycles. The first kappa shape index (κ1) is 16.6. The molecule has 0 unspecified atom stereocenters. The average molecular weight is 369 g/mol. The number of fused-ring (bicyclic) bond motifs is 2. The minimum atomic E-state index is 0.683. The maximum atomic E-state index is 4.53. The summed E-state index contributed by atoms with van der Waals surface area (Å²) in [6.07, 6.45) is 7.37. The van der Waals surface area contributed by atoms with Gasteiger partial charge < -0.3 is 10.3 Å². The van der Waals surface area contributed by atoms with Gasteiger partial charge in [0.05, 0.1) is 11.4 Å². The molecular weight excluding hydrogens is 350 g/mol. The highest BCUT2D eigenvalue weighted by molar-refractivity contribution is 5.95. The zero-order chi connectivity index (χ0) is 18.9. The fraction of sp³-hybridized carbons (Fsp3) is 0.143. The smallest absolute Gasteiger partial charge is 0.181 e. The van der Waals surface area contributed by atoms with E-state index in [1.807, 2.05) is 30.7 Å². The van der Waals surface area contributed by atoms with Gasteiger partial charge in [0, 0.05) is 53.2 Å². The van der Waals surface area contributed by atoms with Gasteiger partial charge in [0.15, 0.2) is 5.65 Å². The largest absolute Gasteiger partial charge is 0.338 e. The van der Waals surface area contributed by atoms with E-state index in [0.29, 0.717) is 5.65 Å². The zero-order valence-electron chi connectivity index (χ0n) is 15.4. The van der Waals surface area contributed by atoms with E-state index in [9.17, 15) is 0 Å². The summed E-state index contributed by atoms with van der Waals surface area (Å²) in [5.41, 5.74) is 6.57. The molecular formula is C21H19N7. The molecule has 138 valence electrons. The normalized spacial score (nSPS) is 11.5. The third kappa shape index (κ3) is 2.91. The van der Waals surface area contributed by atoms with E-state index in [2.05, 4.69) is 60.6 Å². The highest BCUT2D eigenvalue weighted by Crippen LogP contribution is 2.30. The molecule has 5 aromatic rings. The molecule has 0 amide bonds. The zero-order valence-corrected chi connectivity index (χ0v) is 15.4. The monoisotopic (exact) mass is 369 g/mol. The summed E-state index contributed by atoms with van der Waals surface area (Å²) in [6, 6.07) is 10.3. The van der Waals surface area contributed by atoms with Crippen LogP contribution in [0.4, 0.5) is 0 Å². The van der Waals surface area contributed by atoms with Crippen LogP contribution in [0.15, 0.2) is 55.1 Å². The Hall–Kier alpha value is -3.58. The summed E-state index contributed by atoms with van der Waals surface area (Å²) in [4.78, 5) is 16.6. The number of nitrogens with one attached hydrogen (secondary N) is 3. The Kier molecular flexibility index (Phi) is 4.06. The SMILES string of the molecule is CCNCc1cncc(-c2cnc3n[nH]c(-c4cc5cccnc5[nH]4)c3c2)c1. The van der Waals surface area contributed by atoms with Gasteiger partial charge in [-0.2, -0.15) is 5.10 Å². The lowest BCUT2D eigenvalue weighted by atomic mass is 10.1. The summed E-state index contributed by atoms with van der Waals surface area (Å²) in [6.45, 7) is 3.82. The molecule has 5 aromatic heterocycles. The van der Waals surface area contributed by atoms with E-state index in [1.165, 1.54) is 0 Å². The van der Waals surface area contributed by atoms with E-state index >= 15 is 0 Å². The second-order valence-corrected chi connectivity index (χ2v) is 6.68. The molecule has 5 heterocycles. The fourth-order valence-corrected chi connectivity index (χ4v) is 3.37. The van der Waals surface area contributed by atoms with Crippen LogP contribution < -0.4 is 5.32 Å². The van der Waals surface area contributed by atoms with Crippen molar-refractivity contribution in [2.75, 3.05) is 6.54 Å². The van der Waals surface area contributed by atoms with Crippen LogP contribution >= 0.6 is 0 Å². The van der Waals surface area contributed by atoms with Gasteiger partial charge in [0.1, 0.15) is 5.65 Å². The molecule has 0 spiro atoms. The summed E-state index contributed by atoms with van der Waals surface area (Å²) in [5.74, 6) is 0. The second-order valence-electron chi connectivity index (χ2n) is 6.68. The lowest BCUT2D eigenvalue weighted by Gasteiger charge is -2.05. The highest BCUT2D eigenvalue weighted by Gasteiger charge is 2.13. The standard InChI is InChI=1S/C21H19N7/c1-2-22-9-13-6-15(11-23-10-13)16-7-17-19(27-28-21(17)25-12-16)18-8-14-4-3-5-24-20(14)26-18/h3-8,10-12,22H,2,9H2,1H3,(H,24,26)(H,25,27,28). The first-order valence-corrected chi connectivity index (χ1v) is 9.25. The van der Waals surface area contributed by atoms with E-state index < -0.39 is 0 Å². The predicted octanol–water partition coefficient (Wildman–Crippen LogP) is 3.67. The predicted molar refractivity (Wildman–Crippen MR) is 110 cm³/mol. The molecule has 0 bridgehead atoms. The molecule has 28 heavy (non-hydrogen) atoms. The number of nitrogens with zero attached hydrogens (tertiary/aromatic N) is 4. The topological polar surface area (TPSA) is 95.2 Å². The highest BCUT2D eigenvalue weighted by atomic mass is 15.2. The number of pyridine rings is 3. The van der Waals surface area contributed by atoms with Crippen molar-refractivity contribution in [3.8, 4) is 22.5 Å². The molecule has 0 aliphatic rings. The number of H-pyrrole nitrogens is 2. The number of aromatic amines is 2. The van der Waals surface area contributed by atoms with E-state index in [-0.39, 0.29) is 0 Å². The fourth-order valence-electron chi connectivity index (χ4n) is 3.37. The van der Waals surface area contributed by atoms with E-state index in [0.717, 1.165) is 57.6 Å². The van der Waals surface area contributed by atoms with Crippen molar-refractivity contribution in [2.24, 2.45) is 0 Å². The second kappa shape index (κ2) is 6.86. The maximum Gasteiger partial charge on any atom is 0.181 e. The van der Waals surface area contributed by atoms with Gasteiger partial charge in [0.2, 0.25) is 0 Å². The van der Waals surface area contributed by atoms with Gasteiger partial charge in [-0.25, -0.2) is 9.97 Å². The minimum absolute atomic E-state index is 0.683. The van der Waals surface area contributed by atoms with Crippen LogP contribution in [0.5, 0.6) is 0 Å². The number of hydrogen-bond donors (Lipinski definition) is 3. The van der Waals surface area contributed by atoms with Crippen LogP contribution in [0.3, 0.4) is 0 Å². The van der Waals surface area contributed by atoms with Crippen molar-refractivity contribution in [3.05, 3.63) is 60.7 Å². The molecule has 7 heteroatoms. The van der Waals surface area contributed by atoms with Crippen molar-refractivity contribution >= 4 is 22.1 Å². The minimum Gasteiger partial charge on any atom is -0.338 e. The van der Waals surface area contributed by atoms with Crippen LogP contribution in [0.25, 0.3) is 44.6 Å². The van der Waals surface area contributed by atoms with Gasteiger partial charge >= 0.3 is 0 Å². The Labute approximate surface area is 161 Å². The van der Waals surface area contributed by atoms with Gasteiger partial charge in [-0.3, -0.25) is 10.1 Å². The maximum absolute atomic E-state index is 4.53. The average Bonchev–Trinajstić information content (AvgIpc) is 3.35. The first-order valence-electron chi connectivity index (χ1n) is 9.25. The third-order valence-electron chi connectivity index (χ3n) is 4.78. The Morgan fingerprint density at radius 2 is 1.96 bits per heavy atom. The van der Waals surface area contributed by atoms with Gasteiger partial charge in [0.25, 0.3) is 0 Å². The third-order valence-corrected chi connectivity index (χ3v) is 4.78. The van der Waals surface area contributed by atoms with Crippen molar-refractivity contribution < 1.29 is 0 Å². The van der Waals surface area contributed by atoms with Crippen molar-refractivity contribution in [1.29, 1.82) is 0 Å². The molecule has 0 aromatic carbocycles. The molecule has 7 nitrogen and oxygen atoms in total.